The minimum atomic E-state index is -1.35. The number of aromatic nitrogens is 2. The van der Waals surface area contributed by atoms with Crippen LogP contribution in [0.4, 0.5) is 0 Å². The maximum Gasteiger partial charge on any atom is 0.341 e. The second-order valence-electron chi connectivity index (χ2n) is 5.35. The molecule has 0 aliphatic carbocycles. The highest BCUT2D eigenvalue weighted by Gasteiger charge is 2.17. The van der Waals surface area contributed by atoms with Crippen LogP contribution in [-0.4, -0.2) is 27.0 Å². The first-order valence-corrected chi connectivity index (χ1v) is 8.91. The molecule has 3 aromatic rings. The molecule has 7 nitrogen and oxygen atoms in total. The predicted octanol–water partition coefficient (Wildman–Crippen LogP) is 2.85. The first kappa shape index (κ1) is 18.4. The highest BCUT2D eigenvalue weighted by molar-refractivity contribution is 7.09. The third-order valence-electron chi connectivity index (χ3n) is 3.64. The summed E-state index contributed by atoms with van der Waals surface area (Å²) in [4.78, 5) is 42.4. The Kier molecular flexibility index (Phi) is 5.26. The molecule has 2 aromatic heterocycles. The molecule has 0 aliphatic heterocycles. The number of hydrogen-bond donors (Lipinski definition) is 3. The van der Waals surface area contributed by atoms with Crippen LogP contribution in [0.5, 0.6) is 0 Å². The molecule has 0 unspecified atom stereocenters. The quantitative estimate of drug-likeness (QED) is 0.597. The zero-order valence-electron chi connectivity index (χ0n) is 13.0. The number of nitrogens with zero attached hydrogens (tertiary/aromatic N) is 1. The van der Waals surface area contributed by atoms with Gasteiger partial charge < -0.3 is 15.4 Å². The summed E-state index contributed by atoms with van der Waals surface area (Å²) in [5, 5.41) is 12.6. The largest absolute Gasteiger partial charge is 0.477 e. The lowest BCUT2D eigenvalue weighted by atomic mass is 10.1. The third kappa shape index (κ3) is 3.72. The Bertz CT molecular complexity index is 1060. The summed E-state index contributed by atoms with van der Waals surface area (Å²) < 4.78 is 0. The second kappa shape index (κ2) is 7.45. The fraction of sp³-hybridized carbons (Fsp3) is 0.125. The van der Waals surface area contributed by atoms with E-state index in [1.54, 1.807) is 11.7 Å². The molecule has 0 bridgehead atoms. The summed E-state index contributed by atoms with van der Waals surface area (Å²) in [6, 6.07) is 2.69. The molecule has 3 N–H and O–H groups in total. The number of benzene rings is 1. The maximum absolute atomic E-state index is 12.1. The number of carbonyl (C=O) groups excluding carboxylic acids is 1. The van der Waals surface area contributed by atoms with Crippen molar-refractivity contribution in [2.24, 2.45) is 0 Å². The van der Waals surface area contributed by atoms with E-state index in [9.17, 15) is 14.4 Å². The average Bonchev–Trinajstić information content (AvgIpc) is 3.08. The number of fused-ring (bicyclic) bond motifs is 1. The lowest BCUT2D eigenvalue weighted by molar-refractivity contribution is -0.120. The van der Waals surface area contributed by atoms with Crippen LogP contribution in [0.25, 0.3) is 10.9 Å². The van der Waals surface area contributed by atoms with Crippen LogP contribution in [-0.2, 0) is 17.8 Å². The van der Waals surface area contributed by atoms with Gasteiger partial charge in [0.25, 0.3) is 5.56 Å². The van der Waals surface area contributed by atoms with Crippen LogP contribution in [0, 0.1) is 0 Å². The van der Waals surface area contributed by atoms with Gasteiger partial charge in [0.05, 0.1) is 27.5 Å². The van der Waals surface area contributed by atoms with E-state index < -0.39 is 17.1 Å². The van der Waals surface area contributed by atoms with Crippen LogP contribution in [0.2, 0.25) is 10.0 Å². The fourth-order valence-corrected chi connectivity index (χ4v) is 3.47. The Balaban J connectivity index is 1.95. The number of rotatable bonds is 5. The van der Waals surface area contributed by atoms with Crippen molar-refractivity contribution in [3.05, 3.63) is 60.2 Å². The zero-order chi connectivity index (χ0) is 18.8. The van der Waals surface area contributed by atoms with Gasteiger partial charge in [-0.1, -0.05) is 23.2 Å². The minimum absolute atomic E-state index is 0.0237. The lowest BCUT2D eigenvalue weighted by Gasteiger charge is -2.12. The summed E-state index contributed by atoms with van der Waals surface area (Å²) in [5.41, 5.74) is 1.19. The molecule has 134 valence electrons. The Morgan fingerprint density at radius 1 is 1.31 bits per heavy atom. The van der Waals surface area contributed by atoms with Crippen LogP contribution < -0.4 is 10.9 Å². The van der Waals surface area contributed by atoms with Crippen LogP contribution >= 0.6 is 34.5 Å². The minimum Gasteiger partial charge on any atom is -0.477 e. The van der Waals surface area contributed by atoms with Gasteiger partial charge in [-0.3, -0.25) is 14.6 Å². The van der Waals surface area contributed by atoms with Gasteiger partial charge in [0.2, 0.25) is 5.91 Å². The molecule has 0 saturated heterocycles. The predicted molar refractivity (Wildman–Crippen MR) is 99.2 cm³/mol. The molecule has 0 fully saturated rings. The summed E-state index contributed by atoms with van der Waals surface area (Å²) in [6.45, 7) is 0.0237. The summed E-state index contributed by atoms with van der Waals surface area (Å²) >= 11 is 13.7. The number of aromatic amines is 1. The molecule has 1 aromatic carbocycles. The zero-order valence-corrected chi connectivity index (χ0v) is 15.3. The molecule has 0 spiro atoms. The van der Waals surface area contributed by atoms with Crippen molar-refractivity contribution in [1.29, 1.82) is 0 Å². The van der Waals surface area contributed by atoms with Crippen molar-refractivity contribution < 1.29 is 14.7 Å². The number of nitrogens with one attached hydrogen (secondary N) is 2. The third-order valence-corrected chi connectivity index (χ3v) is 5.25. The van der Waals surface area contributed by atoms with Gasteiger partial charge in [0.1, 0.15) is 5.56 Å². The highest BCUT2D eigenvalue weighted by atomic mass is 35.5. The van der Waals surface area contributed by atoms with Crippen LogP contribution in [0.1, 0.15) is 20.8 Å². The smallest absolute Gasteiger partial charge is 0.341 e. The molecular formula is C16H11Cl2N3O4S. The molecular weight excluding hydrogens is 401 g/mol. The van der Waals surface area contributed by atoms with E-state index >= 15 is 0 Å². The number of aromatic carboxylic acids is 1. The summed E-state index contributed by atoms with van der Waals surface area (Å²) in [5.74, 6) is -1.60. The monoisotopic (exact) mass is 411 g/mol. The SMILES string of the molecule is O=C(Cc1cncs1)NCc1c(Cl)c(Cl)cc2cc(C(=O)O)c(=O)[nH]c12. The number of amides is 1. The number of thiazole rings is 1. The normalized spacial score (nSPS) is 10.8. The van der Waals surface area contributed by atoms with Crippen LogP contribution in [0.15, 0.2) is 28.6 Å². The molecule has 0 aliphatic rings. The average molecular weight is 412 g/mol. The van der Waals surface area contributed by atoms with Crippen molar-refractivity contribution in [3.8, 4) is 0 Å². The van der Waals surface area contributed by atoms with E-state index in [1.165, 1.54) is 23.5 Å². The molecule has 2 heterocycles. The lowest BCUT2D eigenvalue weighted by Crippen LogP contribution is -2.25. The number of carbonyl (C=O) groups is 2. The molecule has 0 saturated carbocycles. The van der Waals surface area contributed by atoms with E-state index in [1.807, 2.05) is 0 Å². The molecule has 0 radical (unpaired) electrons. The Morgan fingerprint density at radius 3 is 2.73 bits per heavy atom. The number of H-pyrrole nitrogens is 1. The molecule has 10 heteroatoms. The van der Waals surface area contributed by atoms with E-state index in [0.717, 1.165) is 4.88 Å². The first-order valence-electron chi connectivity index (χ1n) is 7.28. The van der Waals surface area contributed by atoms with Gasteiger partial charge in [-0.15, -0.1) is 11.3 Å². The number of pyridine rings is 1. The standard InChI is InChI=1S/C16H11Cl2N3O4S/c17-11-2-7-1-9(16(24)25)15(23)21-14(7)10(13(11)18)5-20-12(22)3-8-4-19-6-26-8/h1-2,4,6H,3,5H2,(H,20,22)(H,21,23)(H,24,25). The molecule has 1 amide bonds. The molecule has 0 atom stereocenters. The fourth-order valence-electron chi connectivity index (χ4n) is 2.43. The van der Waals surface area contributed by atoms with E-state index in [4.69, 9.17) is 28.3 Å². The Labute approximate surface area is 160 Å². The van der Waals surface area contributed by atoms with Crippen LogP contribution in [0.3, 0.4) is 0 Å². The van der Waals surface area contributed by atoms with E-state index in [2.05, 4.69) is 15.3 Å². The summed E-state index contributed by atoms with van der Waals surface area (Å²) in [6.07, 6.45) is 1.78. The Morgan fingerprint density at radius 2 is 2.08 bits per heavy atom. The maximum atomic E-state index is 12.1. The van der Waals surface area contributed by atoms with E-state index in [0.29, 0.717) is 16.5 Å². The topological polar surface area (TPSA) is 112 Å². The van der Waals surface area contributed by atoms with Crippen molar-refractivity contribution in [1.82, 2.24) is 15.3 Å². The number of carboxylic acid groups (broad SMARTS) is 1. The van der Waals surface area contributed by atoms with Gasteiger partial charge >= 0.3 is 5.97 Å². The highest BCUT2D eigenvalue weighted by Crippen LogP contribution is 2.32. The first-order chi connectivity index (χ1) is 12.4. The van der Waals surface area contributed by atoms with Gasteiger partial charge in [0.15, 0.2) is 0 Å². The summed E-state index contributed by atoms with van der Waals surface area (Å²) in [7, 11) is 0. The van der Waals surface area contributed by atoms with Gasteiger partial charge in [-0.25, -0.2) is 4.79 Å². The molecule has 26 heavy (non-hydrogen) atoms. The van der Waals surface area contributed by atoms with Gasteiger partial charge in [0, 0.05) is 28.6 Å². The van der Waals surface area contributed by atoms with E-state index in [-0.39, 0.29) is 28.9 Å². The van der Waals surface area contributed by atoms with Crippen molar-refractivity contribution in [2.45, 2.75) is 13.0 Å². The number of carboxylic acids is 1. The van der Waals surface area contributed by atoms with Crippen molar-refractivity contribution in [3.63, 3.8) is 0 Å². The number of halogens is 2. The van der Waals surface area contributed by atoms with Gasteiger partial charge in [-0.2, -0.15) is 0 Å². The van der Waals surface area contributed by atoms with Crippen molar-refractivity contribution in [2.75, 3.05) is 0 Å². The Hall–Kier alpha value is -2.42. The van der Waals surface area contributed by atoms with Crippen molar-refractivity contribution >= 4 is 57.3 Å². The molecule has 3 rings (SSSR count). The number of hydrogen-bond acceptors (Lipinski definition) is 5. The van der Waals surface area contributed by atoms with Gasteiger partial charge in [-0.05, 0) is 12.1 Å². The second-order valence-corrected chi connectivity index (χ2v) is 7.11.